The van der Waals surface area contributed by atoms with Gasteiger partial charge in [0.05, 0.1) is 11.5 Å². The van der Waals surface area contributed by atoms with Crippen LogP contribution in [0.3, 0.4) is 0 Å². The number of thioether (sulfide) groups is 1. The quantitative estimate of drug-likeness (QED) is 0.586. The van der Waals surface area contributed by atoms with E-state index in [-0.39, 0.29) is 5.41 Å². The minimum absolute atomic E-state index is 0.0439. The highest BCUT2D eigenvalue weighted by atomic mass is 32.2. The summed E-state index contributed by atoms with van der Waals surface area (Å²) < 4.78 is 0. The molecule has 2 unspecified atom stereocenters. The van der Waals surface area contributed by atoms with Crippen LogP contribution in [-0.2, 0) is 0 Å². The molecule has 2 fully saturated rings. The van der Waals surface area contributed by atoms with Crippen LogP contribution in [0.4, 0.5) is 0 Å². The molecular weight excluding hydrogens is 180 g/mol. The molecule has 2 aliphatic heterocycles. The number of piperidine rings is 1. The smallest absolute Gasteiger partial charge is 0.0694 e. The Kier molecular flexibility index (Phi) is 2.29. The maximum Gasteiger partial charge on any atom is 0.0694 e. The molecule has 0 saturated carbocycles. The largest absolute Gasteiger partial charge is 0.306 e. The first kappa shape index (κ1) is 9.36. The van der Waals surface area contributed by atoms with Crippen molar-refractivity contribution in [3.63, 3.8) is 0 Å². The van der Waals surface area contributed by atoms with Crippen LogP contribution in [0, 0.1) is 28.6 Å². The maximum absolute atomic E-state index is 9.26. The number of rotatable bonds is 0. The zero-order chi connectivity index (χ0) is 9.47. The minimum Gasteiger partial charge on any atom is -0.306 e. The van der Waals surface area contributed by atoms with E-state index in [0.29, 0.717) is 11.8 Å². The average Bonchev–Trinajstić information content (AvgIpc) is 2.08. The van der Waals surface area contributed by atoms with Crippen LogP contribution in [0.5, 0.6) is 0 Å². The van der Waals surface area contributed by atoms with E-state index in [9.17, 15) is 5.26 Å². The molecule has 0 aliphatic carbocycles. The van der Waals surface area contributed by atoms with Gasteiger partial charge in [0.2, 0.25) is 0 Å². The fraction of sp³-hybridized carbons (Fsp3) is 0.900. The van der Waals surface area contributed by atoms with Gasteiger partial charge in [0.15, 0.2) is 0 Å². The summed E-state index contributed by atoms with van der Waals surface area (Å²) in [7, 11) is 2.17. The van der Waals surface area contributed by atoms with E-state index < -0.39 is 0 Å². The van der Waals surface area contributed by atoms with E-state index >= 15 is 0 Å². The Morgan fingerprint density at radius 1 is 1.38 bits per heavy atom. The van der Waals surface area contributed by atoms with E-state index in [1.54, 1.807) is 0 Å². The lowest BCUT2D eigenvalue weighted by atomic mass is 9.67. The van der Waals surface area contributed by atoms with Gasteiger partial charge in [-0.05, 0) is 37.3 Å². The van der Waals surface area contributed by atoms with Crippen molar-refractivity contribution < 1.29 is 0 Å². The number of fused-ring (bicyclic) bond motifs is 2. The highest BCUT2D eigenvalue weighted by Crippen LogP contribution is 2.46. The monoisotopic (exact) mass is 196 g/mol. The number of nitrogens with zero attached hydrogens (tertiary/aromatic N) is 2. The lowest BCUT2D eigenvalue weighted by molar-refractivity contribution is 0.0585. The van der Waals surface area contributed by atoms with Crippen LogP contribution in [0.25, 0.3) is 0 Å². The van der Waals surface area contributed by atoms with Crippen molar-refractivity contribution in [2.45, 2.75) is 6.92 Å². The van der Waals surface area contributed by atoms with Crippen LogP contribution in [-0.4, -0.2) is 36.5 Å². The average molecular weight is 196 g/mol. The third-order valence-electron chi connectivity index (χ3n) is 3.64. The molecule has 2 bridgehead atoms. The molecule has 0 aromatic carbocycles. The molecule has 0 radical (unpaired) electrons. The van der Waals surface area contributed by atoms with Crippen molar-refractivity contribution >= 4 is 11.8 Å². The van der Waals surface area contributed by atoms with Crippen LogP contribution in [0.2, 0.25) is 0 Å². The zero-order valence-corrected chi connectivity index (χ0v) is 9.10. The van der Waals surface area contributed by atoms with Gasteiger partial charge < -0.3 is 4.90 Å². The van der Waals surface area contributed by atoms with Gasteiger partial charge in [-0.3, -0.25) is 0 Å². The minimum atomic E-state index is -0.0439. The van der Waals surface area contributed by atoms with Gasteiger partial charge in [-0.15, -0.1) is 0 Å². The van der Waals surface area contributed by atoms with Gasteiger partial charge in [0.25, 0.3) is 0 Å². The molecule has 72 valence electrons. The molecule has 2 rings (SSSR count). The van der Waals surface area contributed by atoms with E-state index in [1.165, 1.54) is 11.5 Å². The highest BCUT2D eigenvalue weighted by molar-refractivity contribution is 7.99. The van der Waals surface area contributed by atoms with E-state index in [4.69, 9.17) is 0 Å². The second kappa shape index (κ2) is 3.18. The highest BCUT2D eigenvalue weighted by Gasteiger charge is 2.48. The normalized spacial score (nSPS) is 45.6. The van der Waals surface area contributed by atoms with Crippen molar-refractivity contribution in [3.05, 3.63) is 0 Å². The predicted molar refractivity (Wildman–Crippen MR) is 55.5 cm³/mol. The third kappa shape index (κ3) is 1.37. The summed E-state index contributed by atoms with van der Waals surface area (Å²) in [5.74, 6) is 3.51. The van der Waals surface area contributed by atoms with Crippen LogP contribution >= 0.6 is 11.8 Å². The lowest BCUT2D eigenvalue weighted by Crippen LogP contribution is -2.54. The molecule has 2 nitrogen and oxygen atoms in total. The first-order valence-electron chi connectivity index (χ1n) is 4.84. The number of hydrogen-bond acceptors (Lipinski definition) is 3. The molecule has 0 N–H and O–H groups in total. The fourth-order valence-corrected chi connectivity index (χ4v) is 4.13. The van der Waals surface area contributed by atoms with E-state index in [0.717, 1.165) is 13.1 Å². The standard InChI is InChI=1S/C10H16N2S/c1-10(7-11)8-3-12(2)4-9(10)6-13-5-8/h8-9H,3-6H2,1-2H3. The van der Waals surface area contributed by atoms with Crippen molar-refractivity contribution in [3.8, 4) is 6.07 Å². The number of nitriles is 1. The van der Waals surface area contributed by atoms with Crippen LogP contribution < -0.4 is 0 Å². The molecular formula is C10H16N2S. The summed E-state index contributed by atoms with van der Waals surface area (Å²) in [5, 5.41) is 9.26. The molecule has 2 heterocycles. The van der Waals surface area contributed by atoms with Crippen molar-refractivity contribution in [1.82, 2.24) is 4.90 Å². The Labute approximate surface area is 84.3 Å². The van der Waals surface area contributed by atoms with Gasteiger partial charge in [0, 0.05) is 13.1 Å². The summed E-state index contributed by atoms with van der Waals surface area (Å²) in [5.41, 5.74) is -0.0439. The Morgan fingerprint density at radius 2 is 1.92 bits per heavy atom. The molecule has 2 aliphatic rings. The van der Waals surface area contributed by atoms with Gasteiger partial charge >= 0.3 is 0 Å². The summed E-state index contributed by atoms with van der Waals surface area (Å²) in [4.78, 5) is 2.38. The molecule has 0 spiro atoms. The van der Waals surface area contributed by atoms with Crippen molar-refractivity contribution in [2.24, 2.45) is 17.3 Å². The summed E-state index contributed by atoms with van der Waals surface area (Å²) in [6.45, 7) is 4.37. The molecule has 2 saturated heterocycles. The fourth-order valence-electron chi connectivity index (χ4n) is 2.53. The summed E-state index contributed by atoms with van der Waals surface area (Å²) >= 11 is 2.03. The topological polar surface area (TPSA) is 27.0 Å². The first-order chi connectivity index (χ1) is 6.16. The SMILES string of the molecule is CN1CC2CSCC(C1)C2(C)C#N. The molecule has 2 atom stereocenters. The Morgan fingerprint density at radius 3 is 2.38 bits per heavy atom. The van der Waals surface area contributed by atoms with Crippen molar-refractivity contribution in [2.75, 3.05) is 31.6 Å². The van der Waals surface area contributed by atoms with Crippen LogP contribution in [0.15, 0.2) is 0 Å². The zero-order valence-electron chi connectivity index (χ0n) is 8.29. The summed E-state index contributed by atoms with van der Waals surface area (Å²) in [6, 6.07) is 2.56. The summed E-state index contributed by atoms with van der Waals surface area (Å²) in [6.07, 6.45) is 0. The third-order valence-corrected chi connectivity index (χ3v) is 4.92. The van der Waals surface area contributed by atoms with Crippen molar-refractivity contribution in [1.29, 1.82) is 5.26 Å². The molecule has 0 aromatic rings. The lowest BCUT2D eigenvalue weighted by Gasteiger charge is -2.49. The van der Waals surface area contributed by atoms with E-state index in [2.05, 4.69) is 24.9 Å². The van der Waals surface area contributed by atoms with E-state index in [1.807, 2.05) is 11.8 Å². The molecule has 13 heavy (non-hydrogen) atoms. The maximum atomic E-state index is 9.26. The Bertz CT molecular complexity index is 232. The second-order valence-electron chi connectivity index (χ2n) is 4.55. The molecule has 3 heteroatoms. The van der Waals surface area contributed by atoms with Crippen LogP contribution in [0.1, 0.15) is 6.92 Å². The Balaban J connectivity index is 2.25. The molecule has 0 amide bonds. The predicted octanol–water partition coefficient (Wildman–Crippen LogP) is 1.44. The molecule has 0 aromatic heterocycles. The van der Waals surface area contributed by atoms with Gasteiger partial charge in [0.1, 0.15) is 0 Å². The number of hydrogen-bond donors (Lipinski definition) is 0. The first-order valence-corrected chi connectivity index (χ1v) is 6.00. The van der Waals surface area contributed by atoms with Gasteiger partial charge in [-0.1, -0.05) is 0 Å². The van der Waals surface area contributed by atoms with Gasteiger partial charge in [-0.2, -0.15) is 17.0 Å². The second-order valence-corrected chi connectivity index (χ2v) is 5.62. The number of likely N-dealkylation sites (tertiary alicyclic amines) is 1. The van der Waals surface area contributed by atoms with Gasteiger partial charge in [-0.25, -0.2) is 0 Å². The Hall–Kier alpha value is -0.200.